The highest BCUT2D eigenvalue weighted by Crippen LogP contribution is 2.39. The molecule has 0 heterocycles. The Morgan fingerprint density at radius 3 is 2.32 bits per heavy atom. The summed E-state index contributed by atoms with van der Waals surface area (Å²) in [7, 11) is -0.775. The zero-order valence-electron chi connectivity index (χ0n) is 18.3. The van der Waals surface area contributed by atoms with E-state index in [1.54, 1.807) is 0 Å². The van der Waals surface area contributed by atoms with Crippen molar-refractivity contribution >= 4 is 27.8 Å². The van der Waals surface area contributed by atoms with Crippen molar-refractivity contribution in [2.45, 2.75) is 11.1 Å². The van der Waals surface area contributed by atoms with Crippen molar-refractivity contribution in [3.63, 3.8) is 0 Å². The first-order valence-electron chi connectivity index (χ1n) is 9.45. The van der Waals surface area contributed by atoms with Gasteiger partial charge in [-0.2, -0.15) is 13.2 Å². The smallest absolute Gasteiger partial charge is 0.416 e. The minimum atomic E-state index is -4.74. The maximum Gasteiger partial charge on any atom is 0.416 e. The zero-order valence-corrected chi connectivity index (χ0v) is 19.1. The maximum absolute atomic E-state index is 13.3. The van der Waals surface area contributed by atoms with Gasteiger partial charge in [-0.05, 0) is 42.0 Å². The molecule has 13 heteroatoms. The van der Waals surface area contributed by atoms with E-state index in [2.05, 4.69) is 4.72 Å². The largest absolute Gasteiger partial charge is 0.493 e. The number of ether oxygens (including phenoxy) is 4. The summed E-state index contributed by atoms with van der Waals surface area (Å²) >= 11 is 0. The van der Waals surface area contributed by atoms with Crippen LogP contribution in [0, 0.1) is 0 Å². The third kappa shape index (κ3) is 6.78. The van der Waals surface area contributed by atoms with Crippen LogP contribution < -0.4 is 18.9 Å². The van der Waals surface area contributed by atoms with Crippen LogP contribution in [0.1, 0.15) is 11.1 Å². The van der Waals surface area contributed by atoms with Gasteiger partial charge in [0.05, 0.1) is 32.1 Å². The first-order valence-corrected chi connectivity index (χ1v) is 10.9. The van der Waals surface area contributed by atoms with Crippen LogP contribution in [0.2, 0.25) is 0 Å². The highest BCUT2D eigenvalue weighted by Gasteiger charge is 2.32. The lowest BCUT2D eigenvalue weighted by Crippen LogP contribution is -2.17. The van der Waals surface area contributed by atoms with Crippen molar-refractivity contribution in [3.8, 4) is 17.2 Å². The normalized spacial score (nSPS) is 11.9. The number of carboxylic acids is 1. The Balaban J connectivity index is 2.62. The van der Waals surface area contributed by atoms with Gasteiger partial charge < -0.3 is 24.1 Å². The molecular weight excluding hydrogens is 483 g/mol. The van der Waals surface area contributed by atoms with Crippen molar-refractivity contribution in [2.24, 2.45) is 0 Å². The van der Waals surface area contributed by atoms with Crippen LogP contribution in [0.3, 0.4) is 0 Å². The number of anilines is 1. The van der Waals surface area contributed by atoms with Crippen LogP contribution >= 0.6 is 0 Å². The Morgan fingerprint density at radius 1 is 1.06 bits per heavy atom. The SMILES string of the molecule is COCCOc1ccc(C(F)(F)F)cc1NS(=O)(=O)c1cc(/C=C/C(=O)O)cc(OC)c1OC. The molecule has 0 spiro atoms. The first-order chi connectivity index (χ1) is 15.9. The third-order valence-corrected chi connectivity index (χ3v) is 5.64. The lowest BCUT2D eigenvalue weighted by Gasteiger charge is -2.18. The lowest BCUT2D eigenvalue weighted by atomic mass is 10.2. The summed E-state index contributed by atoms with van der Waals surface area (Å²) < 4.78 is 88.8. The number of methoxy groups -OCH3 is 3. The monoisotopic (exact) mass is 505 g/mol. The molecule has 0 amide bonds. The Bertz CT molecular complexity index is 1160. The number of nitrogens with one attached hydrogen (secondary N) is 1. The van der Waals surface area contributed by atoms with Crippen LogP contribution in [0.25, 0.3) is 6.08 Å². The predicted octanol–water partition coefficient (Wildman–Crippen LogP) is 3.65. The van der Waals surface area contributed by atoms with E-state index in [0.29, 0.717) is 6.07 Å². The van der Waals surface area contributed by atoms with Gasteiger partial charge in [-0.15, -0.1) is 0 Å². The van der Waals surface area contributed by atoms with Crippen LogP contribution in [0.5, 0.6) is 17.2 Å². The number of rotatable bonds is 11. The molecule has 2 N–H and O–H groups in total. The molecule has 2 aromatic carbocycles. The number of carboxylic acid groups (broad SMARTS) is 1. The Morgan fingerprint density at radius 2 is 1.76 bits per heavy atom. The number of carbonyl (C=O) groups is 1. The number of hydrogen-bond donors (Lipinski definition) is 2. The Labute approximate surface area is 193 Å². The van der Waals surface area contributed by atoms with Crippen molar-refractivity contribution < 1.29 is 50.4 Å². The minimum Gasteiger partial charge on any atom is -0.493 e. The Kier molecular flexibility index (Phi) is 8.76. The number of halogens is 3. The quantitative estimate of drug-likeness (QED) is 0.351. The molecule has 0 bridgehead atoms. The van der Waals surface area contributed by atoms with Gasteiger partial charge in [-0.1, -0.05) is 0 Å². The summed E-state index contributed by atoms with van der Waals surface area (Å²) in [5, 5.41) is 8.85. The van der Waals surface area contributed by atoms with Crippen LogP contribution in [-0.4, -0.2) is 54.0 Å². The number of sulfonamides is 1. The van der Waals surface area contributed by atoms with E-state index >= 15 is 0 Å². The van der Waals surface area contributed by atoms with Crippen molar-refractivity contribution in [1.82, 2.24) is 0 Å². The summed E-state index contributed by atoms with van der Waals surface area (Å²) in [6, 6.07) is 4.75. The fourth-order valence-corrected chi connectivity index (χ4v) is 4.04. The standard InChI is InChI=1S/C21H22F3NO8S/c1-30-8-9-33-16-6-5-14(21(22,23)24)12-15(16)25-34(28,29)18-11-13(4-7-19(26)27)10-17(31-2)20(18)32-3/h4-7,10-12,25H,8-9H2,1-3H3,(H,26,27)/b7-4+. The van der Waals surface area contributed by atoms with Crippen LogP contribution in [0.15, 0.2) is 41.3 Å². The van der Waals surface area contributed by atoms with Gasteiger partial charge in [-0.25, -0.2) is 13.2 Å². The molecule has 34 heavy (non-hydrogen) atoms. The van der Waals surface area contributed by atoms with Crippen molar-refractivity contribution in [2.75, 3.05) is 39.3 Å². The van der Waals surface area contributed by atoms with E-state index < -0.39 is 38.3 Å². The van der Waals surface area contributed by atoms with E-state index in [1.165, 1.54) is 27.4 Å². The molecule has 0 aliphatic rings. The molecule has 0 aliphatic carbocycles. The van der Waals surface area contributed by atoms with E-state index in [1.807, 2.05) is 0 Å². The number of aliphatic carboxylic acids is 1. The highest BCUT2D eigenvalue weighted by atomic mass is 32.2. The fourth-order valence-electron chi connectivity index (χ4n) is 2.76. The molecule has 0 unspecified atom stereocenters. The van der Waals surface area contributed by atoms with Gasteiger partial charge in [0, 0.05) is 13.2 Å². The zero-order chi connectivity index (χ0) is 25.5. The van der Waals surface area contributed by atoms with Gasteiger partial charge in [0.15, 0.2) is 11.5 Å². The molecule has 0 radical (unpaired) electrons. The number of alkyl halides is 3. The second-order valence-corrected chi connectivity index (χ2v) is 8.23. The Hall–Kier alpha value is -3.45. The summed E-state index contributed by atoms with van der Waals surface area (Å²) in [4.78, 5) is 10.3. The molecule has 9 nitrogen and oxygen atoms in total. The van der Waals surface area contributed by atoms with E-state index in [9.17, 15) is 26.4 Å². The number of benzene rings is 2. The molecule has 0 aromatic heterocycles. The van der Waals surface area contributed by atoms with Crippen LogP contribution in [-0.2, 0) is 25.7 Å². The molecule has 2 rings (SSSR count). The average Bonchev–Trinajstić information content (AvgIpc) is 2.77. The van der Waals surface area contributed by atoms with Gasteiger partial charge in [0.1, 0.15) is 17.3 Å². The average molecular weight is 505 g/mol. The number of hydrogen-bond acceptors (Lipinski definition) is 7. The second kappa shape index (κ2) is 11.1. The van der Waals surface area contributed by atoms with Gasteiger partial charge in [-0.3, -0.25) is 4.72 Å². The summed E-state index contributed by atoms with van der Waals surface area (Å²) in [6.45, 7) is 0.0550. The van der Waals surface area contributed by atoms with Gasteiger partial charge in [0.25, 0.3) is 10.0 Å². The minimum absolute atomic E-state index is 0.0453. The predicted molar refractivity (Wildman–Crippen MR) is 116 cm³/mol. The van der Waals surface area contributed by atoms with E-state index in [0.717, 1.165) is 30.4 Å². The summed E-state index contributed by atoms with van der Waals surface area (Å²) in [5.41, 5.74) is -1.45. The topological polar surface area (TPSA) is 120 Å². The molecule has 0 aliphatic heterocycles. The molecule has 0 atom stereocenters. The van der Waals surface area contributed by atoms with E-state index in [4.69, 9.17) is 24.1 Å². The third-order valence-electron chi connectivity index (χ3n) is 4.27. The lowest BCUT2D eigenvalue weighted by molar-refractivity contribution is -0.137. The molecule has 0 saturated carbocycles. The van der Waals surface area contributed by atoms with Gasteiger partial charge in [0.2, 0.25) is 0 Å². The van der Waals surface area contributed by atoms with Crippen molar-refractivity contribution in [3.05, 3.63) is 47.5 Å². The van der Waals surface area contributed by atoms with E-state index in [-0.39, 0.29) is 36.0 Å². The molecule has 0 saturated heterocycles. The second-order valence-electron chi connectivity index (χ2n) is 6.58. The van der Waals surface area contributed by atoms with Crippen LogP contribution in [0.4, 0.5) is 18.9 Å². The van der Waals surface area contributed by atoms with Gasteiger partial charge >= 0.3 is 12.1 Å². The molecule has 186 valence electrons. The molecular formula is C21H22F3NO8S. The van der Waals surface area contributed by atoms with Crippen molar-refractivity contribution in [1.29, 1.82) is 0 Å². The fraction of sp³-hybridized carbons (Fsp3) is 0.286. The summed E-state index contributed by atoms with van der Waals surface area (Å²) in [5.74, 6) is -1.73. The maximum atomic E-state index is 13.3. The first kappa shape index (κ1) is 26.8. The highest BCUT2D eigenvalue weighted by molar-refractivity contribution is 7.92. The molecule has 0 fully saturated rings. The summed E-state index contributed by atoms with van der Waals surface area (Å²) in [6.07, 6.45) is -2.85. The molecule has 2 aromatic rings.